The molecule has 0 saturated heterocycles. The molecule has 0 bridgehead atoms. The van der Waals surface area contributed by atoms with Crippen LogP contribution in [0.5, 0.6) is 0 Å². The van der Waals surface area contributed by atoms with Gasteiger partial charge in [-0.1, -0.05) is 69.2 Å². The molecule has 0 aromatic heterocycles. The Labute approximate surface area is 184 Å². The molecule has 1 atom stereocenters. The molecule has 1 amide bonds. The SMILES string of the molecule is CCCC(C)CC(=O)c1ccc(-c2ccc(NC(=O)c3ccc(C)c(N)c3)cc2)cc1. The highest BCUT2D eigenvalue weighted by molar-refractivity contribution is 6.05. The first-order valence-corrected chi connectivity index (χ1v) is 10.8. The zero-order valence-corrected chi connectivity index (χ0v) is 18.4. The number of nitrogens with one attached hydrogen (secondary N) is 1. The number of Topliss-reactive ketones (excluding diaryl/α,β-unsaturated/α-hetero) is 1. The summed E-state index contributed by atoms with van der Waals surface area (Å²) in [6.45, 7) is 6.18. The van der Waals surface area contributed by atoms with Crippen molar-refractivity contribution in [3.8, 4) is 11.1 Å². The van der Waals surface area contributed by atoms with Crippen LogP contribution in [0.2, 0.25) is 0 Å². The second-order valence-corrected chi connectivity index (χ2v) is 8.20. The van der Waals surface area contributed by atoms with Crippen LogP contribution in [0.1, 0.15) is 59.4 Å². The van der Waals surface area contributed by atoms with Gasteiger partial charge in [0.2, 0.25) is 0 Å². The Hall–Kier alpha value is -3.40. The van der Waals surface area contributed by atoms with Gasteiger partial charge in [-0.05, 0) is 53.8 Å². The Balaban J connectivity index is 1.65. The van der Waals surface area contributed by atoms with Crippen molar-refractivity contribution in [1.29, 1.82) is 0 Å². The maximum atomic E-state index is 12.5. The smallest absolute Gasteiger partial charge is 0.255 e. The molecule has 0 saturated carbocycles. The summed E-state index contributed by atoms with van der Waals surface area (Å²) in [4.78, 5) is 24.9. The van der Waals surface area contributed by atoms with E-state index in [9.17, 15) is 9.59 Å². The lowest BCUT2D eigenvalue weighted by molar-refractivity contribution is 0.0961. The molecule has 4 nitrogen and oxygen atoms in total. The van der Waals surface area contributed by atoms with Crippen molar-refractivity contribution in [2.75, 3.05) is 11.1 Å². The number of nitrogen functional groups attached to an aromatic ring is 1. The van der Waals surface area contributed by atoms with Gasteiger partial charge in [0.15, 0.2) is 5.78 Å². The number of anilines is 2. The summed E-state index contributed by atoms with van der Waals surface area (Å²) < 4.78 is 0. The van der Waals surface area contributed by atoms with Crippen LogP contribution in [-0.4, -0.2) is 11.7 Å². The molecule has 0 aliphatic heterocycles. The van der Waals surface area contributed by atoms with Gasteiger partial charge in [-0.3, -0.25) is 9.59 Å². The summed E-state index contributed by atoms with van der Waals surface area (Å²) in [6, 6.07) is 20.7. The molecule has 0 aliphatic carbocycles. The molecule has 0 spiro atoms. The lowest BCUT2D eigenvalue weighted by Crippen LogP contribution is -2.12. The second-order valence-electron chi connectivity index (χ2n) is 8.20. The normalized spacial score (nSPS) is 11.7. The third-order valence-corrected chi connectivity index (χ3v) is 5.54. The minimum Gasteiger partial charge on any atom is -0.398 e. The molecular formula is C27H30N2O2. The van der Waals surface area contributed by atoms with Gasteiger partial charge in [-0.25, -0.2) is 0 Å². The fourth-order valence-corrected chi connectivity index (χ4v) is 3.61. The predicted molar refractivity (Wildman–Crippen MR) is 128 cm³/mol. The summed E-state index contributed by atoms with van der Waals surface area (Å²) in [5.41, 5.74) is 11.5. The Kier molecular flexibility index (Phi) is 7.24. The van der Waals surface area contributed by atoms with Crippen molar-refractivity contribution in [3.05, 3.63) is 83.4 Å². The minimum absolute atomic E-state index is 0.195. The van der Waals surface area contributed by atoms with Gasteiger partial charge in [-0.15, -0.1) is 0 Å². The zero-order valence-electron chi connectivity index (χ0n) is 18.4. The number of carbonyl (C=O) groups is 2. The number of carbonyl (C=O) groups excluding carboxylic acids is 2. The van der Waals surface area contributed by atoms with Crippen LogP contribution in [0.25, 0.3) is 11.1 Å². The summed E-state index contributed by atoms with van der Waals surface area (Å²) in [6.07, 6.45) is 2.77. The number of hydrogen-bond donors (Lipinski definition) is 2. The van der Waals surface area contributed by atoms with Crippen LogP contribution in [0.3, 0.4) is 0 Å². The molecular weight excluding hydrogens is 384 g/mol. The van der Waals surface area contributed by atoms with Crippen LogP contribution >= 0.6 is 0 Å². The molecule has 31 heavy (non-hydrogen) atoms. The maximum Gasteiger partial charge on any atom is 0.255 e. The topological polar surface area (TPSA) is 72.2 Å². The molecule has 1 unspecified atom stereocenters. The Morgan fingerprint density at radius 1 is 0.903 bits per heavy atom. The third-order valence-electron chi connectivity index (χ3n) is 5.54. The lowest BCUT2D eigenvalue weighted by atomic mass is 9.95. The largest absolute Gasteiger partial charge is 0.398 e. The van der Waals surface area contributed by atoms with Gasteiger partial charge < -0.3 is 11.1 Å². The zero-order chi connectivity index (χ0) is 22.4. The van der Waals surface area contributed by atoms with Crippen molar-refractivity contribution >= 4 is 23.1 Å². The van der Waals surface area contributed by atoms with E-state index >= 15 is 0 Å². The molecule has 0 heterocycles. The summed E-state index contributed by atoms with van der Waals surface area (Å²) in [5, 5.41) is 2.90. The lowest BCUT2D eigenvalue weighted by Gasteiger charge is -2.10. The molecule has 0 radical (unpaired) electrons. The molecule has 0 fully saturated rings. The van der Waals surface area contributed by atoms with Crippen molar-refractivity contribution in [1.82, 2.24) is 0 Å². The number of amides is 1. The minimum atomic E-state index is -0.195. The second kappa shape index (κ2) is 10.1. The monoisotopic (exact) mass is 414 g/mol. The number of benzene rings is 3. The fraction of sp³-hybridized carbons (Fsp3) is 0.259. The van der Waals surface area contributed by atoms with E-state index in [0.29, 0.717) is 29.3 Å². The van der Waals surface area contributed by atoms with Gasteiger partial charge in [0, 0.05) is 28.9 Å². The number of nitrogens with two attached hydrogens (primary N) is 1. The van der Waals surface area contributed by atoms with Gasteiger partial charge in [0.05, 0.1) is 0 Å². The van der Waals surface area contributed by atoms with Gasteiger partial charge in [-0.2, -0.15) is 0 Å². The van der Waals surface area contributed by atoms with Crippen molar-refractivity contribution in [2.45, 2.75) is 40.0 Å². The number of hydrogen-bond acceptors (Lipinski definition) is 3. The first-order valence-electron chi connectivity index (χ1n) is 10.8. The van der Waals surface area contributed by atoms with E-state index in [1.54, 1.807) is 12.1 Å². The molecule has 0 aliphatic rings. The van der Waals surface area contributed by atoms with Crippen LogP contribution in [0.15, 0.2) is 66.7 Å². The predicted octanol–water partition coefficient (Wildman–Crippen LogP) is 6.51. The van der Waals surface area contributed by atoms with E-state index in [1.165, 1.54) is 0 Å². The highest BCUT2D eigenvalue weighted by Crippen LogP contribution is 2.24. The summed E-state index contributed by atoms with van der Waals surface area (Å²) >= 11 is 0. The Morgan fingerprint density at radius 3 is 2.06 bits per heavy atom. The van der Waals surface area contributed by atoms with E-state index in [2.05, 4.69) is 19.2 Å². The Morgan fingerprint density at radius 2 is 1.48 bits per heavy atom. The summed E-state index contributed by atoms with van der Waals surface area (Å²) in [7, 11) is 0. The molecule has 3 aromatic rings. The average Bonchev–Trinajstić information content (AvgIpc) is 2.76. The average molecular weight is 415 g/mol. The van der Waals surface area contributed by atoms with E-state index in [-0.39, 0.29) is 11.7 Å². The molecule has 3 aromatic carbocycles. The highest BCUT2D eigenvalue weighted by Gasteiger charge is 2.11. The van der Waals surface area contributed by atoms with E-state index in [4.69, 9.17) is 5.73 Å². The molecule has 3 rings (SSSR count). The number of ketones is 1. The molecule has 160 valence electrons. The molecule has 3 N–H and O–H groups in total. The number of rotatable bonds is 8. The fourth-order valence-electron chi connectivity index (χ4n) is 3.61. The van der Waals surface area contributed by atoms with Crippen molar-refractivity contribution in [2.24, 2.45) is 5.92 Å². The van der Waals surface area contributed by atoms with Gasteiger partial charge in [0.25, 0.3) is 5.91 Å². The third kappa shape index (κ3) is 5.82. The van der Waals surface area contributed by atoms with Crippen molar-refractivity contribution in [3.63, 3.8) is 0 Å². The Bertz CT molecular complexity index is 1050. The van der Waals surface area contributed by atoms with Crippen molar-refractivity contribution < 1.29 is 9.59 Å². The van der Waals surface area contributed by atoms with Crippen LogP contribution in [0, 0.1) is 12.8 Å². The van der Waals surface area contributed by atoms with Crippen LogP contribution < -0.4 is 11.1 Å². The maximum absolute atomic E-state index is 12.5. The first kappa shape index (κ1) is 22.3. The summed E-state index contributed by atoms with van der Waals surface area (Å²) in [5.74, 6) is 0.415. The molecule has 4 heteroatoms. The van der Waals surface area contributed by atoms with Crippen LogP contribution in [0.4, 0.5) is 11.4 Å². The van der Waals surface area contributed by atoms with Gasteiger partial charge >= 0.3 is 0 Å². The quantitative estimate of drug-likeness (QED) is 0.326. The van der Waals surface area contributed by atoms with Crippen LogP contribution in [-0.2, 0) is 0 Å². The first-order chi connectivity index (χ1) is 14.9. The number of aryl methyl sites for hydroxylation is 1. The van der Waals surface area contributed by atoms with Gasteiger partial charge in [0.1, 0.15) is 0 Å². The van der Waals surface area contributed by atoms with E-state index in [1.807, 2.05) is 61.5 Å². The standard InChI is InChI=1S/C27H30N2O2/c1-4-5-18(2)16-26(30)22-10-8-20(9-11-22)21-12-14-24(15-13-21)29-27(31)23-7-6-19(3)25(28)17-23/h6-15,17-18H,4-5,16,28H2,1-3H3,(H,29,31). The van der Waals surface area contributed by atoms with E-state index in [0.717, 1.165) is 35.1 Å². The van der Waals surface area contributed by atoms with E-state index < -0.39 is 0 Å². The highest BCUT2D eigenvalue weighted by atomic mass is 16.1.